The van der Waals surface area contributed by atoms with Crippen molar-refractivity contribution in [3.05, 3.63) is 36.4 Å². The third-order valence-corrected chi connectivity index (χ3v) is 5.20. The Morgan fingerprint density at radius 1 is 1.10 bits per heavy atom. The average Bonchev–Trinajstić information content (AvgIpc) is 2.92. The van der Waals surface area contributed by atoms with Gasteiger partial charge in [0.2, 0.25) is 17.7 Å². The lowest BCUT2D eigenvalue weighted by Gasteiger charge is -2.27. The fraction of sp³-hybridized carbons (Fsp3) is 0.476. The Morgan fingerprint density at radius 2 is 1.66 bits per heavy atom. The maximum Gasteiger partial charge on any atom is 0.387 e. The number of fused-ring (bicyclic) bond motifs is 1. The second-order valence-corrected chi connectivity index (χ2v) is 7.74. The fourth-order valence-corrected chi connectivity index (χ4v) is 3.85. The van der Waals surface area contributed by atoms with Crippen molar-refractivity contribution in [2.24, 2.45) is 17.8 Å². The van der Waals surface area contributed by atoms with Crippen molar-refractivity contribution in [2.45, 2.75) is 45.8 Å². The molecular formula is C21H24F2N2O4. The molecule has 3 rings (SSSR count). The number of allylic oxidation sites excluding steroid dienone is 2. The van der Waals surface area contributed by atoms with E-state index in [2.05, 4.69) is 10.1 Å². The number of amides is 3. The maximum atomic E-state index is 13.0. The van der Waals surface area contributed by atoms with Crippen LogP contribution in [0.3, 0.4) is 0 Å². The van der Waals surface area contributed by atoms with E-state index in [1.54, 1.807) is 0 Å². The summed E-state index contributed by atoms with van der Waals surface area (Å²) in [6.07, 6.45) is 5.15. The van der Waals surface area contributed by atoms with E-state index >= 15 is 0 Å². The van der Waals surface area contributed by atoms with Crippen LogP contribution in [0.5, 0.6) is 5.75 Å². The normalized spacial score (nSPS) is 22.2. The van der Waals surface area contributed by atoms with Crippen molar-refractivity contribution < 1.29 is 27.9 Å². The lowest BCUT2D eigenvalue weighted by atomic mass is 9.85. The van der Waals surface area contributed by atoms with Crippen LogP contribution in [0.4, 0.5) is 14.5 Å². The highest BCUT2D eigenvalue weighted by Crippen LogP contribution is 2.37. The summed E-state index contributed by atoms with van der Waals surface area (Å²) < 4.78 is 28.8. The zero-order chi connectivity index (χ0) is 21.1. The first-order valence-corrected chi connectivity index (χ1v) is 9.65. The van der Waals surface area contributed by atoms with E-state index in [0.717, 1.165) is 4.90 Å². The molecule has 1 aromatic carbocycles. The van der Waals surface area contributed by atoms with Gasteiger partial charge in [0.25, 0.3) is 0 Å². The molecule has 156 valence electrons. The standard InChI is InChI=1S/C21H24F2N2O4/c1-12(2)11-17(25-19(27)15-5-3-4-6-16(15)20(25)28)18(26)24-13-7-9-14(10-8-13)29-21(22)23/h3-4,7-10,12,15-17,21H,5-6,11H2,1-2H3,(H,24,26). The average molecular weight is 406 g/mol. The van der Waals surface area contributed by atoms with Gasteiger partial charge >= 0.3 is 6.61 Å². The zero-order valence-electron chi connectivity index (χ0n) is 16.3. The van der Waals surface area contributed by atoms with E-state index in [9.17, 15) is 23.2 Å². The predicted octanol–water partition coefficient (Wildman–Crippen LogP) is 3.59. The maximum absolute atomic E-state index is 13.0. The Bertz CT molecular complexity index is 781. The molecule has 6 nitrogen and oxygen atoms in total. The summed E-state index contributed by atoms with van der Waals surface area (Å²) in [6, 6.07) is 4.56. The van der Waals surface area contributed by atoms with Crippen LogP contribution < -0.4 is 10.1 Å². The first-order chi connectivity index (χ1) is 13.8. The second-order valence-electron chi connectivity index (χ2n) is 7.74. The third kappa shape index (κ3) is 4.63. The topological polar surface area (TPSA) is 75.7 Å². The molecule has 3 atom stereocenters. The van der Waals surface area contributed by atoms with Crippen molar-refractivity contribution in [3.63, 3.8) is 0 Å². The molecule has 8 heteroatoms. The molecular weight excluding hydrogens is 382 g/mol. The summed E-state index contributed by atoms with van der Waals surface area (Å²) in [7, 11) is 0. The van der Waals surface area contributed by atoms with Crippen molar-refractivity contribution in [2.75, 3.05) is 5.32 Å². The van der Waals surface area contributed by atoms with Gasteiger partial charge < -0.3 is 10.1 Å². The van der Waals surface area contributed by atoms with Crippen LogP contribution in [-0.2, 0) is 14.4 Å². The van der Waals surface area contributed by atoms with Gasteiger partial charge in [0.05, 0.1) is 11.8 Å². The molecule has 1 aromatic rings. The Hall–Kier alpha value is -2.77. The molecule has 1 saturated heterocycles. The molecule has 0 aromatic heterocycles. The minimum absolute atomic E-state index is 0.0294. The Morgan fingerprint density at radius 3 is 2.14 bits per heavy atom. The monoisotopic (exact) mass is 406 g/mol. The fourth-order valence-electron chi connectivity index (χ4n) is 3.85. The Balaban J connectivity index is 1.77. The molecule has 1 fully saturated rings. The van der Waals surface area contributed by atoms with Gasteiger partial charge in [0, 0.05) is 5.69 Å². The molecule has 0 bridgehead atoms. The number of imide groups is 1. The van der Waals surface area contributed by atoms with Crippen LogP contribution in [0.25, 0.3) is 0 Å². The van der Waals surface area contributed by atoms with Gasteiger partial charge in [-0.05, 0) is 49.4 Å². The summed E-state index contributed by atoms with van der Waals surface area (Å²) in [4.78, 5) is 39.9. The van der Waals surface area contributed by atoms with Gasteiger partial charge in [-0.2, -0.15) is 8.78 Å². The number of anilines is 1. The molecule has 1 N–H and O–H groups in total. The highest BCUT2D eigenvalue weighted by Gasteiger charge is 2.51. The number of hydrogen-bond acceptors (Lipinski definition) is 4. The number of nitrogens with zero attached hydrogens (tertiary/aromatic N) is 1. The number of rotatable bonds is 7. The summed E-state index contributed by atoms with van der Waals surface area (Å²) in [5.74, 6) is -1.83. The van der Waals surface area contributed by atoms with E-state index in [4.69, 9.17) is 0 Å². The summed E-state index contributed by atoms with van der Waals surface area (Å²) in [5.41, 5.74) is 0.364. The zero-order valence-corrected chi connectivity index (χ0v) is 16.3. The first-order valence-electron chi connectivity index (χ1n) is 9.65. The minimum Gasteiger partial charge on any atom is -0.435 e. The van der Waals surface area contributed by atoms with E-state index in [0.29, 0.717) is 24.9 Å². The van der Waals surface area contributed by atoms with Gasteiger partial charge in [0.1, 0.15) is 11.8 Å². The van der Waals surface area contributed by atoms with Gasteiger partial charge in [0.15, 0.2) is 0 Å². The van der Waals surface area contributed by atoms with Gasteiger partial charge in [-0.3, -0.25) is 19.3 Å². The van der Waals surface area contributed by atoms with E-state index < -0.39 is 30.4 Å². The molecule has 0 saturated carbocycles. The highest BCUT2D eigenvalue weighted by molar-refractivity contribution is 6.10. The summed E-state index contributed by atoms with van der Waals surface area (Å²) in [5, 5.41) is 2.68. The lowest BCUT2D eigenvalue weighted by Crippen LogP contribution is -2.48. The summed E-state index contributed by atoms with van der Waals surface area (Å²) in [6.45, 7) is 0.892. The van der Waals surface area contributed by atoms with Gasteiger partial charge in [-0.1, -0.05) is 26.0 Å². The number of hydrogen-bond donors (Lipinski definition) is 1. The smallest absolute Gasteiger partial charge is 0.387 e. The predicted molar refractivity (Wildman–Crippen MR) is 102 cm³/mol. The second kappa shape index (κ2) is 8.71. The number of alkyl halides is 2. The molecule has 2 aliphatic rings. The SMILES string of the molecule is CC(C)CC(C(=O)Nc1ccc(OC(F)F)cc1)N1C(=O)C2CC=CCC2C1=O. The van der Waals surface area contributed by atoms with E-state index in [-0.39, 0.29) is 23.5 Å². The Kier molecular flexibility index (Phi) is 6.30. The van der Waals surface area contributed by atoms with Crippen LogP contribution in [0.2, 0.25) is 0 Å². The minimum atomic E-state index is -2.93. The number of halogens is 2. The number of carbonyl (C=O) groups excluding carboxylic acids is 3. The highest BCUT2D eigenvalue weighted by atomic mass is 19.3. The van der Waals surface area contributed by atoms with Gasteiger partial charge in [-0.25, -0.2) is 0 Å². The van der Waals surface area contributed by atoms with Crippen molar-refractivity contribution >= 4 is 23.4 Å². The molecule has 1 aliphatic heterocycles. The molecule has 3 amide bonds. The van der Waals surface area contributed by atoms with E-state index in [1.807, 2.05) is 26.0 Å². The molecule has 29 heavy (non-hydrogen) atoms. The van der Waals surface area contributed by atoms with Crippen LogP contribution >= 0.6 is 0 Å². The number of carbonyl (C=O) groups is 3. The third-order valence-electron chi connectivity index (χ3n) is 5.20. The van der Waals surface area contributed by atoms with Crippen molar-refractivity contribution in [3.8, 4) is 5.75 Å². The van der Waals surface area contributed by atoms with Crippen molar-refractivity contribution in [1.82, 2.24) is 4.90 Å². The first kappa shape index (κ1) is 21.0. The molecule has 0 spiro atoms. The van der Waals surface area contributed by atoms with Crippen LogP contribution in [-0.4, -0.2) is 35.3 Å². The van der Waals surface area contributed by atoms with Crippen LogP contribution in [0, 0.1) is 17.8 Å². The van der Waals surface area contributed by atoms with E-state index in [1.165, 1.54) is 24.3 Å². The lowest BCUT2D eigenvalue weighted by molar-refractivity contribution is -0.147. The van der Waals surface area contributed by atoms with Gasteiger partial charge in [-0.15, -0.1) is 0 Å². The molecule has 1 heterocycles. The molecule has 0 radical (unpaired) electrons. The van der Waals surface area contributed by atoms with Crippen LogP contribution in [0.1, 0.15) is 33.1 Å². The number of benzene rings is 1. The largest absolute Gasteiger partial charge is 0.435 e. The molecule has 1 aliphatic carbocycles. The number of nitrogens with one attached hydrogen (secondary N) is 1. The van der Waals surface area contributed by atoms with Crippen molar-refractivity contribution in [1.29, 1.82) is 0 Å². The quantitative estimate of drug-likeness (QED) is 0.555. The number of ether oxygens (including phenoxy) is 1. The Labute approximate surface area is 167 Å². The molecule has 3 unspecified atom stereocenters. The van der Waals surface area contributed by atoms with Crippen LogP contribution in [0.15, 0.2) is 36.4 Å². The number of likely N-dealkylation sites (tertiary alicyclic amines) is 1. The summed E-state index contributed by atoms with van der Waals surface area (Å²) >= 11 is 0.